The fraction of sp³-hybridized carbons (Fsp3) is 0.222. The molecule has 0 fully saturated rings. The van der Waals surface area contributed by atoms with Gasteiger partial charge in [-0.3, -0.25) is 4.79 Å². The fourth-order valence-electron chi connectivity index (χ4n) is 0.964. The van der Waals surface area contributed by atoms with E-state index in [4.69, 9.17) is 5.11 Å². The molecule has 0 heterocycles. The zero-order chi connectivity index (χ0) is 10.7. The highest BCUT2D eigenvalue weighted by Crippen LogP contribution is 2.28. The second-order valence-electron chi connectivity index (χ2n) is 2.66. The predicted molar refractivity (Wildman–Crippen MR) is 45.4 cm³/mol. The first-order valence-electron chi connectivity index (χ1n) is 3.82. The van der Waals surface area contributed by atoms with E-state index >= 15 is 0 Å². The third-order valence-electron chi connectivity index (χ3n) is 1.74. The molecule has 4 nitrogen and oxygen atoms in total. The van der Waals surface area contributed by atoms with Gasteiger partial charge in [0.1, 0.15) is 0 Å². The van der Waals surface area contributed by atoms with Crippen LogP contribution >= 0.6 is 0 Å². The summed E-state index contributed by atoms with van der Waals surface area (Å²) in [5.74, 6) is -3.11. The van der Waals surface area contributed by atoms with E-state index < -0.39 is 23.3 Å². The van der Waals surface area contributed by atoms with E-state index in [-0.39, 0.29) is 12.0 Å². The van der Waals surface area contributed by atoms with Crippen LogP contribution in [-0.4, -0.2) is 23.3 Å². The number of halogens is 1. The van der Waals surface area contributed by atoms with Crippen molar-refractivity contribution in [3.63, 3.8) is 0 Å². The normalized spacial score (nSPS) is 9.86. The zero-order valence-electron chi connectivity index (χ0n) is 7.45. The zero-order valence-corrected chi connectivity index (χ0v) is 7.45. The van der Waals surface area contributed by atoms with Crippen molar-refractivity contribution < 1.29 is 24.1 Å². The van der Waals surface area contributed by atoms with Crippen molar-refractivity contribution in [3.8, 4) is 11.5 Å². The van der Waals surface area contributed by atoms with Crippen molar-refractivity contribution >= 4 is 5.97 Å². The first kappa shape index (κ1) is 10.3. The van der Waals surface area contributed by atoms with Crippen molar-refractivity contribution in [2.45, 2.75) is 6.42 Å². The molecule has 0 saturated heterocycles. The van der Waals surface area contributed by atoms with Gasteiger partial charge in [-0.05, 0) is 6.07 Å². The van der Waals surface area contributed by atoms with Crippen LogP contribution in [0.5, 0.6) is 11.5 Å². The number of hydrogen-bond donors (Lipinski definition) is 2. The van der Waals surface area contributed by atoms with E-state index in [0.717, 1.165) is 6.07 Å². The number of phenolic OH excluding ortho intramolecular Hbond substituents is 2. The number of aromatic hydroxyl groups is 2. The number of benzene rings is 1. The first-order chi connectivity index (χ1) is 6.56. The minimum atomic E-state index is -1.13. The molecule has 2 N–H and O–H groups in total. The molecule has 0 unspecified atom stereocenters. The molecule has 14 heavy (non-hydrogen) atoms. The standard InChI is InChI=1S/C9H9FO4/c1-14-7(12)4-5-2-3-6(11)8(10)9(5)13/h2-3,11,13H,4H2,1H3. The Bertz CT molecular complexity index is 362. The Morgan fingerprint density at radius 3 is 2.71 bits per heavy atom. The van der Waals surface area contributed by atoms with Gasteiger partial charge in [-0.2, -0.15) is 4.39 Å². The van der Waals surface area contributed by atoms with Gasteiger partial charge in [-0.1, -0.05) is 6.07 Å². The molecule has 0 bridgehead atoms. The molecule has 0 spiro atoms. The number of carbonyl (C=O) groups excluding carboxylic acids is 1. The lowest BCUT2D eigenvalue weighted by molar-refractivity contribution is -0.139. The summed E-state index contributed by atoms with van der Waals surface area (Å²) in [6, 6.07) is 2.32. The van der Waals surface area contributed by atoms with Gasteiger partial charge in [0.2, 0.25) is 5.82 Å². The van der Waals surface area contributed by atoms with Crippen LogP contribution in [0.1, 0.15) is 5.56 Å². The van der Waals surface area contributed by atoms with Gasteiger partial charge in [-0.25, -0.2) is 0 Å². The van der Waals surface area contributed by atoms with Crippen molar-refractivity contribution in [1.82, 2.24) is 0 Å². The molecule has 0 aliphatic rings. The average Bonchev–Trinajstić information content (AvgIpc) is 2.19. The molecular formula is C9H9FO4. The summed E-state index contributed by atoms with van der Waals surface area (Å²) in [5.41, 5.74) is 0.0761. The van der Waals surface area contributed by atoms with Crippen LogP contribution in [0.3, 0.4) is 0 Å². The van der Waals surface area contributed by atoms with Gasteiger partial charge in [-0.15, -0.1) is 0 Å². The van der Waals surface area contributed by atoms with Crippen LogP contribution in [0.25, 0.3) is 0 Å². The summed E-state index contributed by atoms with van der Waals surface area (Å²) in [6.45, 7) is 0. The Hall–Kier alpha value is -1.78. The van der Waals surface area contributed by atoms with Crippen LogP contribution in [0.2, 0.25) is 0 Å². The highest BCUT2D eigenvalue weighted by atomic mass is 19.1. The fourth-order valence-corrected chi connectivity index (χ4v) is 0.964. The topological polar surface area (TPSA) is 66.8 Å². The summed E-state index contributed by atoms with van der Waals surface area (Å²) in [4.78, 5) is 10.8. The third kappa shape index (κ3) is 1.93. The van der Waals surface area contributed by atoms with Crippen molar-refractivity contribution in [3.05, 3.63) is 23.5 Å². The van der Waals surface area contributed by atoms with Crippen molar-refractivity contribution in [2.75, 3.05) is 7.11 Å². The number of carbonyl (C=O) groups is 1. The summed E-state index contributed by atoms with van der Waals surface area (Å²) in [7, 11) is 1.19. The molecule has 5 heteroatoms. The maximum absolute atomic E-state index is 12.9. The van der Waals surface area contributed by atoms with E-state index in [0.29, 0.717) is 0 Å². The molecule has 0 saturated carbocycles. The second-order valence-corrected chi connectivity index (χ2v) is 2.66. The minimum absolute atomic E-state index is 0.0761. The largest absolute Gasteiger partial charge is 0.505 e. The number of esters is 1. The number of ether oxygens (including phenoxy) is 1. The Morgan fingerprint density at radius 2 is 2.14 bits per heavy atom. The molecule has 0 amide bonds. The molecule has 1 aromatic carbocycles. The molecule has 0 aliphatic carbocycles. The van der Waals surface area contributed by atoms with Crippen LogP contribution in [0.4, 0.5) is 4.39 Å². The molecule has 0 aromatic heterocycles. The van der Waals surface area contributed by atoms with Gasteiger partial charge in [0, 0.05) is 5.56 Å². The van der Waals surface area contributed by atoms with E-state index in [1.807, 2.05) is 0 Å². The second kappa shape index (κ2) is 3.95. The van der Waals surface area contributed by atoms with Crippen LogP contribution < -0.4 is 0 Å². The van der Waals surface area contributed by atoms with Crippen LogP contribution in [-0.2, 0) is 16.0 Å². The summed E-state index contributed by atoms with van der Waals surface area (Å²) in [5, 5.41) is 18.0. The molecule has 76 valence electrons. The maximum atomic E-state index is 12.9. The number of hydrogen-bond acceptors (Lipinski definition) is 4. The number of phenols is 2. The molecule has 1 aromatic rings. The smallest absolute Gasteiger partial charge is 0.310 e. The molecule has 0 aliphatic heterocycles. The molecule has 0 radical (unpaired) electrons. The van der Waals surface area contributed by atoms with E-state index in [2.05, 4.69) is 4.74 Å². The highest BCUT2D eigenvalue weighted by molar-refractivity contribution is 5.73. The summed E-state index contributed by atoms with van der Waals surface area (Å²) in [6.07, 6.45) is -0.237. The van der Waals surface area contributed by atoms with Gasteiger partial charge >= 0.3 is 5.97 Å². The van der Waals surface area contributed by atoms with E-state index in [1.165, 1.54) is 13.2 Å². The lowest BCUT2D eigenvalue weighted by atomic mass is 10.1. The maximum Gasteiger partial charge on any atom is 0.310 e. The highest BCUT2D eigenvalue weighted by Gasteiger charge is 2.14. The average molecular weight is 200 g/mol. The molecular weight excluding hydrogens is 191 g/mol. The molecule has 0 atom stereocenters. The van der Waals surface area contributed by atoms with Gasteiger partial charge in [0.15, 0.2) is 11.5 Å². The quantitative estimate of drug-likeness (QED) is 0.697. The summed E-state index contributed by atoms with van der Waals surface area (Å²) >= 11 is 0. The Labute approximate surface area is 79.6 Å². The van der Waals surface area contributed by atoms with Gasteiger partial charge in [0.25, 0.3) is 0 Å². The monoisotopic (exact) mass is 200 g/mol. The third-order valence-corrected chi connectivity index (χ3v) is 1.74. The van der Waals surface area contributed by atoms with E-state index in [1.54, 1.807) is 0 Å². The summed E-state index contributed by atoms with van der Waals surface area (Å²) < 4.78 is 17.2. The first-order valence-corrected chi connectivity index (χ1v) is 3.82. The Balaban J connectivity index is 3.00. The van der Waals surface area contributed by atoms with Crippen molar-refractivity contribution in [2.24, 2.45) is 0 Å². The SMILES string of the molecule is COC(=O)Cc1ccc(O)c(F)c1O. The Kier molecular flexibility index (Phi) is 2.91. The van der Waals surface area contributed by atoms with E-state index in [9.17, 15) is 14.3 Å². The number of methoxy groups -OCH3 is 1. The van der Waals surface area contributed by atoms with Crippen molar-refractivity contribution in [1.29, 1.82) is 0 Å². The van der Waals surface area contributed by atoms with Gasteiger partial charge in [0.05, 0.1) is 13.5 Å². The lowest BCUT2D eigenvalue weighted by Gasteiger charge is -2.04. The van der Waals surface area contributed by atoms with Crippen LogP contribution in [0, 0.1) is 5.82 Å². The lowest BCUT2D eigenvalue weighted by Crippen LogP contribution is -2.05. The molecule has 1 rings (SSSR count). The minimum Gasteiger partial charge on any atom is -0.505 e. The van der Waals surface area contributed by atoms with Gasteiger partial charge < -0.3 is 14.9 Å². The number of rotatable bonds is 2. The van der Waals surface area contributed by atoms with Crippen LogP contribution in [0.15, 0.2) is 12.1 Å². The predicted octanol–water partition coefficient (Wildman–Crippen LogP) is 0.952. The Morgan fingerprint density at radius 1 is 1.50 bits per heavy atom.